The van der Waals surface area contributed by atoms with Crippen LogP contribution in [-0.4, -0.2) is 35.0 Å². The number of aromatic amines is 1. The van der Waals surface area contributed by atoms with E-state index in [2.05, 4.69) is 22.3 Å². The molecule has 1 aliphatic heterocycles. The molecular weight excluding hydrogens is 328 g/mol. The quantitative estimate of drug-likeness (QED) is 0.788. The van der Waals surface area contributed by atoms with E-state index in [0.29, 0.717) is 23.7 Å². The molecule has 6 heteroatoms. The standard InChI is InChI=1S/C20H20N4O2/c1-13-10-11-16(26-2)19-15(13)9-6-12-24(19)20(25)18-17(21-23-22-18)14-7-4-3-5-8-14/h3-5,7-8,10-11H,6,9,12H2,1-2H3,(H,21,22,23). The summed E-state index contributed by atoms with van der Waals surface area (Å²) in [4.78, 5) is 15.1. The SMILES string of the molecule is COc1ccc(C)c2c1N(C(=O)c1n[nH]nc1-c1ccccc1)CCC2. The van der Waals surface area contributed by atoms with Gasteiger partial charge in [0.25, 0.3) is 5.91 Å². The average Bonchev–Trinajstić information content (AvgIpc) is 3.18. The largest absolute Gasteiger partial charge is 0.495 e. The Labute approximate surface area is 151 Å². The number of H-pyrrole nitrogens is 1. The van der Waals surface area contributed by atoms with Gasteiger partial charge in [0.05, 0.1) is 12.8 Å². The fraction of sp³-hybridized carbons (Fsp3) is 0.250. The number of amides is 1. The summed E-state index contributed by atoms with van der Waals surface area (Å²) in [6.45, 7) is 2.70. The van der Waals surface area contributed by atoms with Crippen molar-refractivity contribution in [1.29, 1.82) is 0 Å². The molecule has 1 N–H and O–H groups in total. The summed E-state index contributed by atoms with van der Waals surface area (Å²) < 4.78 is 5.54. The van der Waals surface area contributed by atoms with Gasteiger partial charge in [-0.05, 0) is 37.0 Å². The molecule has 1 amide bonds. The maximum atomic E-state index is 13.3. The Bertz CT molecular complexity index is 950. The van der Waals surface area contributed by atoms with E-state index in [4.69, 9.17) is 4.74 Å². The summed E-state index contributed by atoms with van der Waals surface area (Å²) in [7, 11) is 1.63. The molecule has 0 spiro atoms. The second kappa shape index (κ2) is 6.63. The number of nitrogens with one attached hydrogen (secondary N) is 1. The number of aromatic nitrogens is 3. The van der Waals surface area contributed by atoms with Gasteiger partial charge in [0.2, 0.25) is 0 Å². The van der Waals surface area contributed by atoms with Crippen LogP contribution >= 0.6 is 0 Å². The van der Waals surface area contributed by atoms with Crippen molar-refractivity contribution in [2.45, 2.75) is 19.8 Å². The van der Waals surface area contributed by atoms with E-state index in [1.807, 2.05) is 42.5 Å². The highest BCUT2D eigenvalue weighted by Gasteiger charge is 2.31. The predicted molar refractivity (Wildman–Crippen MR) is 99.5 cm³/mol. The lowest BCUT2D eigenvalue weighted by Gasteiger charge is -2.31. The second-order valence-corrected chi connectivity index (χ2v) is 6.36. The molecule has 132 valence electrons. The first-order valence-corrected chi connectivity index (χ1v) is 8.65. The number of nitrogens with zero attached hydrogens (tertiary/aromatic N) is 3. The number of carbonyl (C=O) groups is 1. The molecule has 0 fully saturated rings. The highest BCUT2D eigenvalue weighted by atomic mass is 16.5. The van der Waals surface area contributed by atoms with Gasteiger partial charge >= 0.3 is 0 Å². The van der Waals surface area contributed by atoms with Crippen molar-refractivity contribution < 1.29 is 9.53 Å². The number of ether oxygens (including phenoxy) is 1. The third kappa shape index (κ3) is 2.63. The molecule has 6 nitrogen and oxygen atoms in total. The Kier molecular flexibility index (Phi) is 4.16. The number of hydrogen-bond acceptors (Lipinski definition) is 4. The third-order valence-corrected chi connectivity index (χ3v) is 4.82. The van der Waals surface area contributed by atoms with E-state index in [9.17, 15) is 4.79 Å². The van der Waals surface area contributed by atoms with Crippen molar-refractivity contribution in [1.82, 2.24) is 15.4 Å². The fourth-order valence-corrected chi connectivity index (χ4v) is 3.53. The van der Waals surface area contributed by atoms with Gasteiger partial charge in [0, 0.05) is 12.1 Å². The molecule has 4 rings (SSSR count). The van der Waals surface area contributed by atoms with Crippen LogP contribution in [0, 0.1) is 6.92 Å². The highest BCUT2D eigenvalue weighted by Crippen LogP contribution is 2.39. The molecule has 0 unspecified atom stereocenters. The van der Waals surface area contributed by atoms with Crippen molar-refractivity contribution in [3.8, 4) is 17.0 Å². The van der Waals surface area contributed by atoms with Gasteiger partial charge in [-0.25, -0.2) is 0 Å². The number of aryl methyl sites for hydroxylation is 1. The van der Waals surface area contributed by atoms with Crippen molar-refractivity contribution >= 4 is 11.6 Å². The summed E-state index contributed by atoms with van der Waals surface area (Å²) in [6.07, 6.45) is 1.85. The lowest BCUT2D eigenvalue weighted by Crippen LogP contribution is -2.36. The maximum Gasteiger partial charge on any atom is 0.281 e. The van der Waals surface area contributed by atoms with Crippen molar-refractivity contribution in [3.63, 3.8) is 0 Å². The van der Waals surface area contributed by atoms with E-state index >= 15 is 0 Å². The zero-order valence-electron chi connectivity index (χ0n) is 14.8. The van der Waals surface area contributed by atoms with Gasteiger partial charge < -0.3 is 9.64 Å². The minimum absolute atomic E-state index is 0.164. The van der Waals surface area contributed by atoms with E-state index in [1.165, 1.54) is 5.56 Å². The molecular formula is C20H20N4O2. The minimum atomic E-state index is -0.164. The van der Waals surface area contributed by atoms with Gasteiger partial charge in [0.15, 0.2) is 5.69 Å². The van der Waals surface area contributed by atoms with Crippen LogP contribution in [0.4, 0.5) is 5.69 Å². The van der Waals surface area contributed by atoms with Gasteiger partial charge in [-0.3, -0.25) is 4.79 Å². The topological polar surface area (TPSA) is 71.1 Å². The molecule has 0 radical (unpaired) electrons. The first kappa shape index (κ1) is 16.3. The first-order chi connectivity index (χ1) is 12.7. The van der Waals surface area contributed by atoms with Crippen LogP contribution in [0.15, 0.2) is 42.5 Å². The van der Waals surface area contributed by atoms with Crippen LogP contribution in [0.1, 0.15) is 28.0 Å². The third-order valence-electron chi connectivity index (χ3n) is 4.82. The number of benzene rings is 2. The van der Waals surface area contributed by atoms with Crippen LogP contribution in [0.3, 0.4) is 0 Å². The lowest BCUT2D eigenvalue weighted by molar-refractivity contribution is 0.0980. The Balaban J connectivity index is 1.79. The number of rotatable bonds is 3. The van der Waals surface area contributed by atoms with Crippen LogP contribution in [0.25, 0.3) is 11.3 Å². The molecule has 2 aromatic carbocycles. The highest BCUT2D eigenvalue weighted by molar-refractivity contribution is 6.09. The molecule has 0 saturated heterocycles. The molecule has 1 aromatic heterocycles. The maximum absolute atomic E-state index is 13.3. The molecule has 26 heavy (non-hydrogen) atoms. The Morgan fingerprint density at radius 2 is 1.96 bits per heavy atom. The number of hydrogen-bond donors (Lipinski definition) is 1. The number of anilines is 1. The van der Waals surface area contributed by atoms with E-state index in [-0.39, 0.29) is 5.91 Å². The zero-order chi connectivity index (χ0) is 18.1. The summed E-state index contributed by atoms with van der Waals surface area (Å²) >= 11 is 0. The van der Waals surface area contributed by atoms with Crippen molar-refractivity contribution in [2.75, 3.05) is 18.6 Å². The Morgan fingerprint density at radius 3 is 2.73 bits per heavy atom. The Morgan fingerprint density at radius 1 is 1.15 bits per heavy atom. The normalized spacial score (nSPS) is 13.4. The fourth-order valence-electron chi connectivity index (χ4n) is 3.53. The molecule has 0 saturated carbocycles. The smallest absolute Gasteiger partial charge is 0.281 e. The van der Waals surface area contributed by atoms with Gasteiger partial charge in [0.1, 0.15) is 11.4 Å². The Hall–Kier alpha value is -3.15. The second-order valence-electron chi connectivity index (χ2n) is 6.36. The van der Waals surface area contributed by atoms with Crippen LogP contribution in [0.5, 0.6) is 5.75 Å². The predicted octanol–water partition coefficient (Wildman–Crippen LogP) is 3.38. The lowest BCUT2D eigenvalue weighted by atomic mass is 9.95. The monoisotopic (exact) mass is 348 g/mol. The number of carbonyl (C=O) groups excluding carboxylic acids is 1. The summed E-state index contributed by atoms with van der Waals surface area (Å²) in [6, 6.07) is 13.6. The van der Waals surface area contributed by atoms with Gasteiger partial charge in [-0.15, -0.1) is 0 Å². The molecule has 0 atom stereocenters. The summed E-state index contributed by atoms with van der Waals surface area (Å²) in [5.41, 5.74) is 4.93. The van der Waals surface area contributed by atoms with Crippen molar-refractivity contribution in [2.24, 2.45) is 0 Å². The average molecular weight is 348 g/mol. The molecule has 2 heterocycles. The summed E-state index contributed by atoms with van der Waals surface area (Å²) in [5.74, 6) is 0.547. The van der Waals surface area contributed by atoms with Crippen molar-refractivity contribution in [3.05, 3.63) is 59.3 Å². The van der Waals surface area contributed by atoms with Crippen LogP contribution < -0.4 is 9.64 Å². The first-order valence-electron chi connectivity index (χ1n) is 8.65. The van der Waals surface area contributed by atoms with E-state index in [1.54, 1.807) is 12.0 Å². The van der Waals surface area contributed by atoms with E-state index in [0.717, 1.165) is 29.7 Å². The molecule has 0 aliphatic carbocycles. The van der Waals surface area contributed by atoms with Gasteiger partial charge in [-0.2, -0.15) is 15.4 Å². The number of methoxy groups -OCH3 is 1. The molecule has 3 aromatic rings. The van der Waals surface area contributed by atoms with Crippen LogP contribution in [0.2, 0.25) is 0 Å². The zero-order valence-corrected chi connectivity index (χ0v) is 14.8. The number of fused-ring (bicyclic) bond motifs is 1. The van der Waals surface area contributed by atoms with Crippen LogP contribution in [-0.2, 0) is 6.42 Å². The molecule has 0 bridgehead atoms. The minimum Gasteiger partial charge on any atom is -0.495 e. The van der Waals surface area contributed by atoms with Gasteiger partial charge in [-0.1, -0.05) is 36.4 Å². The molecule has 1 aliphatic rings. The van der Waals surface area contributed by atoms with E-state index < -0.39 is 0 Å². The summed E-state index contributed by atoms with van der Waals surface area (Å²) in [5, 5.41) is 11.0.